The smallest absolute Gasteiger partial charge is 0.226 e. The number of morpholine rings is 1. The van der Waals surface area contributed by atoms with E-state index in [0.29, 0.717) is 31.4 Å². The molecule has 4 rings (SSSR count). The van der Waals surface area contributed by atoms with Crippen LogP contribution in [0.15, 0.2) is 24.5 Å². The van der Waals surface area contributed by atoms with E-state index in [4.69, 9.17) is 4.74 Å². The molecule has 3 heterocycles. The van der Waals surface area contributed by atoms with Crippen LogP contribution in [0.4, 0.5) is 0 Å². The Morgan fingerprint density at radius 3 is 3.20 bits per heavy atom. The second-order valence-electron chi connectivity index (χ2n) is 6.77. The van der Waals surface area contributed by atoms with Gasteiger partial charge < -0.3 is 9.64 Å². The molecule has 1 aliphatic heterocycles. The third kappa shape index (κ3) is 3.42. The summed E-state index contributed by atoms with van der Waals surface area (Å²) in [5.41, 5.74) is 1.16. The fourth-order valence-electron chi connectivity index (χ4n) is 3.47. The molecule has 0 radical (unpaired) electrons. The molecular weight excluding hydrogens is 318 g/mol. The summed E-state index contributed by atoms with van der Waals surface area (Å²) in [5, 5.41) is 7.23. The highest BCUT2D eigenvalue weighted by Gasteiger charge is 2.46. The van der Waals surface area contributed by atoms with Gasteiger partial charge in [-0.25, -0.2) is 4.98 Å². The van der Waals surface area contributed by atoms with Gasteiger partial charge in [-0.15, -0.1) is 0 Å². The van der Waals surface area contributed by atoms with Gasteiger partial charge >= 0.3 is 0 Å². The number of H-pyrrole nitrogens is 1. The van der Waals surface area contributed by atoms with E-state index in [9.17, 15) is 4.79 Å². The Morgan fingerprint density at radius 2 is 2.40 bits per heavy atom. The summed E-state index contributed by atoms with van der Waals surface area (Å²) in [6.45, 7) is 3.79. The number of nitrogens with zero attached hydrogens (tertiary/aromatic N) is 4. The van der Waals surface area contributed by atoms with Crippen molar-refractivity contribution in [2.75, 3.05) is 19.7 Å². The van der Waals surface area contributed by atoms with Crippen LogP contribution in [0.1, 0.15) is 49.0 Å². The number of aromatic nitrogens is 4. The summed E-state index contributed by atoms with van der Waals surface area (Å²) in [4.78, 5) is 23.4. The van der Waals surface area contributed by atoms with Crippen molar-refractivity contribution in [2.45, 2.75) is 38.2 Å². The second-order valence-corrected chi connectivity index (χ2v) is 6.77. The number of nitrogens with one attached hydrogen (secondary N) is 1. The van der Waals surface area contributed by atoms with E-state index in [1.807, 2.05) is 17.2 Å². The zero-order valence-corrected chi connectivity index (χ0v) is 14.4. The first-order chi connectivity index (χ1) is 12.3. The number of amides is 1. The lowest BCUT2D eigenvalue weighted by Gasteiger charge is -2.32. The van der Waals surface area contributed by atoms with Crippen molar-refractivity contribution >= 4 is 5.91 Å². The Morgan fingerprint density at radius 1 is 1.48 bits per heavy atom. The van der Waals surface area contributed by atoms with Crippen LogP contribution in [-0.4, -0.2) is 50.7 Å². The highest BCUT2D eigenvalue weighted by atomic mass is 16.5. The van der Waals surface area contributed by atoms with Crippen molar-refractivity contribution in [3.05, 3.63) is 41.7 Å². The summed E-state index contributed by atoms with van der Waals surface area (Å²) in [6, 6.07) is 3.98. The Hall–Kier alpha value is -2.28. The summed E-state index contributed by atoms with van der Waals surface area (Å²) < 4.78 is 5.80. The molecule has 1 saturated heterocycles. The van der Waals surface area contributed by atoms with Crippen LogP contribution in [-0.2, 0) is 16.0 Å². The number of hydrogen-bond donors (Lipinski definition) is 1. The molecule has 0 spiro atoms. The molecule has 132 valence electrons. The number of carbonyl (C=O) groups excluding carboxylic acids is 1. The molecule has 0 bridgehead atoms. The summed E-state index contributed by atoms with van der Waals surface area (Å²) in [5.74, 6) is 2.13. The monoisotopic (exact) mass is 341 g/mol. The minimum atomic E-state index is -0.241. The van der Waals surface area contributed by atoms with E-state index < -0.39 is 0 Å². The third-order valence-corrected chi connectivity index (χ3v) is 4.92. The highest BCUT2D eigenvalue weighted by Crippen LogP contribution is 2.48. The van der Waals surface area contributed by atoms with E-state index in [-0.39, 0.29) is 17.9 Å². The third-order valence-electron chi connectivity index (χ3n) is 4.92. The van der Waals surface area contributed by atoms with E-state index >= 15 is 0 Å². The molecule has 7 heteroatoms. The van der Waals surface area contributed by atoms with E-state index in [2.05, 4.69) is 33.2 Å². The van der Waals surface area contributed by atoms with Gasteiger partial charge in [-0.2, -0.15) is 5.10 Å². The molecule has 0 unspecified atom stereocenters. The van der Waals surface area contributed by atoms with Gasteiger partial charge in [0.1, 0.15) is 11.9 Å². The topological polar surface area (TPSA) is 84.0 Å². The van der Waals surface area contributed by atoms with Crippen LogP contribution >= 0.6 is 0 Å². The molecule has 1 amide bonds. The van der Waals surface area contributed by atoms with Gasteiger partial charge in [-0.3, -0.25) is 14.9 Å². The summed E-state index contributed by atoms with van der Waals surface area (Å²) >= 11 is 0. The van der Waals surface area contributed by atoms with E-state index in [1.165, 1.54) is 0 Å². The van der Waals surface area contributed by atoms with Gasteiger partial charge in [0.25, 0.3) is 0 Å². The van der Waals surface area contributed by atoms with Crippen molar-refractivity contribution in [3.63, 3.8) is 0 Å². The molecule has 2 aromatic heterocycles. The van der Waals surface area contributed by atoms with Crippen molar-refractivity contribution in [2.24, 2.45) is 5.92 Å². The van der Waals surface area contributed by atoms with Crippen molar-refractivity contribution in [3.8, 4) is 0 Å². The van der Waals surface area contributed by atoms with Crippen LogP contribution in [0.3, 0.4) is 0 Å². The average Bonchev–Trinajstić information content (AvgIpc) is 3.33. The number of rotatable bonds is 5. The molecule has 0 aromatic carbocycles. The van der Waals surface area contributed by atoms with E-state index in [0.717, 1.165) is 30.7 Å². The van der Waals surface area contributed by atoms with Gasteiger partial charge in [-0.1, -0.05) is 13.0 Å². The number of aromatic amines is 1. The Kier molecular flexibility index (Phi) is 4.48. The largest absolute Gasteiger partial charge is 0.366 e. The lowest BCUT2D eigenvalue weighted by molar-refractivity contribution is -0.140. The molecule has 25 heavy (non-hydrogen) atoms. The molecule has 3 atom stereocenters. The minimum Gasteiger partial charge on any atom is -0.366 e. The maximum atomic E-state index is 12.8. The Balaban J connectivity index is 1.39. The number of hydrogen-bond acceptors (Lipinski definition) is 5. The first-order valence-corrected chi connectivity index (χ1v) is 8.97. The molecule has 2 fully saturated rings. The second kappa shape index (κ2) is 6.92. The van der Waals surface area contributed by atoms with Crippen molar-refractivity contribution in [1.82, 2.24) is 25.1 Å². The maximum Gasteiger partial charge on any atom is 0.226 e. The van der Waals surface area contributed by atoms with Crippen molar-refractivity contribution < 1.29 is 9.53 Å². The normalized spacial score (nSPS) is 25.8. The van der Waals surface area contributed by atoms with Crippen LogP contribution in [0, 0.1) is 5.92 Å². The standard InChI is InChI=1S/C18H23N5O2/c1-2-4-16-20-17(22-21-16)15-11-23(7-8-25-15)18(24)14-9-13(14)12-5-3-6-19-10-12/h3,5-6,10,13-15H,2,4,7-9,11H2,1H3,(H,20,21,22)/t13-,14+,15-/m0/s1. The van der Waals surface area contributed by atoms with E-state index in [1.54, 1.807) is 6.20 Å². The summed E-state index contributed by atoms with van der Waals surface area (Å²) in [7, 11) is 0. The van der Waals surface area contributed by atoms with Gasteiger partial charge in [0, 0.05) is 31.3 Å². The number of pyridine rings is 1. The Bertz CT molecular complexity index is 732. The Labute approximate surface area is 146 Å². The predicted octanol–water partition coefficient (Wildman–Crippen LogP) is 1.86. The minimum absolute atomic E-state index is 0.0748. The number of aryl methyl sites for hydroxylation is 1. The zero-order chi connectivity index (χ0) is 17.2. The molecule has 7 nitrogen and oxygen atoms in total. The lowest BCUT2D eigenvalue weighted by Crippen LogP contribution is -2.43. The van der Waals surface area contributed by atoms with Crippen LogP contribution < -0.4 is 0 Å². The fourth-order valence-corrected chi connectivity index (χ4v) is 3.47. The van der Waals surface area contributed by atoms with Crippen molar-refractivity contribution in [1.29, 1.82) is 0 Å². The molecular formula is C18H23N5O2. The molecule has 2 aromatic rings. The van der Waals surface area contributed by atoms with Gasteiger partial charge in [0.05, 0.1) is 13.2 Å². The van der Waals surface area contributed by atoms with Crippen LogP contribution in [0.2, 0.25) is 0 Å². The number of carbonyl (C=O) groups is 1. The van der Waals surface area contributed by atoms with Gasteiger partial charge in [-0.05, 0) is 30.4 Å². The maximum absolute atomic E-state index is 12.8. The molecule has 1 N–H and O–H groups in total. The van der Waals surface area contributed by atoms with Gasteiger partial charge in [0.15, 0.2) is 5.82 Å². The summed E-state index contributed by atoms with van der Waals surface area (Å²) in [6.07, 6.45) is 6.19. The highest BCUT2D eigenvalue weighted by molar-refractivity contribution is 5.83. The fraction of sp³-hybridized carbons (Fsp3) is 0.556. The van der Waals surface area contributed by atoms with Crippen LogP contribution in [0.25, 0.3) is 0 Å². The average molecular weight is 341 g/mol. The number of ether oxygens (including phenoxy) is 1. The zero-order valence-electron chi connectivity index (χ0n) is 14.4. The van der Waals surface area contributed by atoms with Gasteiger partial charge in [0.2, 0.25) is 5.91 Å². The van der Waals surface area contributed by atoms with Crippen LogP contribution in [0.5, 0.6) is 0 Å². The SMILES string of the molecule is CCCc1nc([C@@H]2CN(C(=O)[C@@H]3C[C@H]3c3cccnc3)CCO2)n[nH]1. The first-order valence-electron chi connectivity index (χ1n) is 8.97. The molecule has 1 aliphatic carbocycles. The lowest BCUT2D eigenvalue weighted by atomic mass is 10.1. The predicted molar refractivity (Wildman–Crippen MR) is 90.7 cm³/mol. The molecule has 2 aliphatic rings. The first kappa shape index (κ1) is 16.2. The quantitative estimate of drug-likeness (QED) is 0.897. The molecule has 1 saturated carbocycles.